The van der Waals surface area contributed by atoms with E-state index in [1.54, 1.807) is 0 Å². The van der Waals surface area contributed by atoms with E-state index in [0.29, 0.717) is 5.01 Å². The molecule has 12 heavy (non-hydrogen) atoms. The number of hydrogen-bond donors (Lipinski definition) is 1. The molecular formula is C5H6N4O2S. The van der Waals surface area contributed by atoms with Crippen molar-refractivity contribution in [3.05, 3.63) is 11.3 Å². The van der Waals surface area contributed by atoms with Crippen LogP contribution in [0.3, 0.4) is 0 Å². The number of amides is 1. The number of oxime groups is 1. The van der Waals surface area contributed by atoms with Gasteiger partial charge in [-0.15, -0.1) is 0 Å². The maximum absolute atomic E-state index is 10.7. The van der Waals surface area contributed by atoms with Gasteiger partial charge in [0.25, 0.3) is 5.91 Å². The second kappa shape index (κ2) is 3.77. The minimum Gasteiger partial charge on any atom is -0.398 e. The van der Waals surface area contributed by atoms with Gasteiger partial charge in [0, 0.05) is 0 Å². The van der Waals surface area contributed by atoms with Crippen LogP contribution in [-0.4, -0.2) is 28.1 Å². The zero-order valence-electron chi connectivity index (χ0n) is 6.22. The van der Waals surface area contributed by atoms with Gasteiger partial charge in [0.2, 0.25) is 5.71 Å². The molecule has 0 spiro atoms. The van der Waals surface area contributed by atoms with Crippen molar-refractivity contribution in [2.45, 2.75) is 0 Å². The lowest BCUT2D eigenvalue weighted by atomic mass is 10.4. The van der Waals surface area contributed by atoms with E-state index in [9.17, 15) is 4.79 Å². The normalized spacial score (nSPS) is 11.2. The molecule has 1 rings (SSSR count). The summed E-state index contributed by atoms with van der Waals surface area (Å²) in [6.45, 7) is 0. The summed E-state index contributed by atoms with van der Waals surface area (Å²) in [5.41, 5.74) is 4.99. The van der Waals surface area contributed by atoms with Crippen molar-refractivity contribution in [1.29, 1.82) is 0 Å². The maximum Gasteiger partial charge on any atom is 0.273 e. The summed E-state index contributed by atoms with van der Waals surface area (Å²) in [4.78, 5) is 18.9. The van der Waals surface area contributed by atoms with Gasteiger partial charge in [-0.3, -0.25) is 4.79 Å². The van der Waals surface area contributed by atoms with E-state index in [2.05, 4.69) is 19.4 Å². The summed E-state index contributed by atoms with van der Waals surface area (Å²) in [5.74, 6) is -0.686. The number of primary amides is 1. The SMILES string of the molecule is CO/N=C(/C(N)=O)c1ncns1. The highest BCUT2D eigenvalue weighted by Gasteiger charge is 2.14. The second-order valence-corrected chi connectivity index (χ2v) is 2.51. The van der Waals surface area contributed by atoms with E-state index in [-0.39, 0.29) is 5.71 Å². The molecule has 0 aliphatic heterocycles. The van der Waals surface area contributed by atoms with Crippen LogP contribution in [0.5, 0.6) is 0 Å². The molecule has 0 aromatic carbocycles. The molecule has 0 radical (unpaired) electrons. The third kappa shape index (κ3) is 1.76. The molecule has 0 bridgehead atoms. The van der Waals surface area contributed by atoms with Gasteiger partial charge in [-0.25, -0.2) is 4.98 Å². The standard InChI is InChI=1S/C5H6N4O2S/c1-11-9-3(4(6)10)5-7-2-8-12-5/h2H,1H3,(H2,6,10)/b9-3-. The first-order chi connectivity index (χ1) is 5.75. The monoisotopic (exact) mass is 186 g/mol. The summed E-state index contributed by atoms with van der Waals surface area (Å²) in [6, 6.07) is 0. The molecule has 0 aliphatic rings. The van der Waals surface area contributed by atoms with Gasteiger partial charge in [0.05, 0.1) is 0 Å². The highest BCUT2D eigenvalue weighted by Crippen LogP contribution is 2.01. The molecule has 0 atom stereocenters. The Hall–Kier alpha value is -1.50. The molecule has 7 heteroatoms. The van der Waals surface area contributed by atoms with E-state index in [1.165, 1.54) is 13.4 Å². The van der Waals surface area contributed by atoms with Crippen LogP contribution in [0, 0.1) is 0 Å². The van der Waals surface area contributed by atoms with Gasteiger partial charge in [-0.05, 0) is 11.5 Å². The number of aromatic nitrogens is 2. The molecule has 0 saturated heterocycles. The predicted molar refractivity (Wildman–Crippen MR) is 42.6 cm³/mol. The number of nitrogens with zero attached hydrogens (tertiary/aromatic N) is 3. The molecule has 1 aromatic rings. The Labute approximate surface area is 72.2 Å². The van der Waals surface area contributed by atoms with Crippen LogP contribution in [0.25, 0.3) is 0 Å². The average Bonchev–Trinajstić information content (AvgIpc) is 2.51. The van der Waals surface area contributed by atoms with Crippen molar-refractivity contribution < 1.29 is 9.63 Å². The Morgan fingerprint density at radius 3 is 3.00 bits per heavy atom. The molecule has 1 amide bonds. The maximum atomic E-state index is 10.7. The molecule has 6 nitrogen and oxygen atoms in total. The molecule has 1 aromatic heterocycles. The lowest BCUT2D eigenvalue weighted by Crippen LogP contribution is -2.24. The summed E-state index contributed by atoms with van der Waals surface area (Å²) in [5, 5.41) is 3.77. The quantitative estimate of drug-likeness (QED) is 0.502. The third-order valence-corrected chi connectivity index (χ3v) is 1.65. The van der Waals surface area contributed by atoms with Crippen LogP contribution in [0.4, 0.5) is 0 Å². The zero-order chi connectivity index (χ0) is 8.97. The van der Waals surface area contributed by atoms with Gasteiger partial charge in [-0.2, -0.15) is 4.37 Å². The zero-order valence-corrected chi connectivity index (χ0v) is 7.04. The number of carbonyl (C=O) groups is 1. The molecular weight excluding hydrogens is 180 g/mol. The smallest absolute Gasteiger partial charge is 0.273 e. The van der Waals surface area contributed by atoms with Crippen LogP contribution in [0.2, 0.25) is 0 Å². The van der Waals surface area contributed by atoms with Crippen LogP contribution in [-0.2, 0) is 9.63 Å². The topological polar surface area (TPSA) is 90.5 Å². The molecule has 0 aliphatic carbocycles. The Balaban J connectivity index is 2.96. The Morgan fingerprint density at radius 2 is 2.58 bits per heavy atom. The summed E-state index contributed by atoms with van der Waals surface area (Å²) < 4.78 is 3.69. The summed E-state index contributed by atoms with van der Waals surface area (Å²) in [6.07, 6.45) is 1.31. The lowest BCUT2D eigenvalue weighted by molar-refractivity contribution is -0.112. The summed E-state index contributed by atoms with van der Waals surface area (Å²) >= 11 is 1.03. The lowest BCUT2D eigenvalue weighted by Gasteiger charge is -1.93. The van der Waals surface area contributed by atoms with E-state index < -0.39 is 5.91 Å². The van der Waals surface area contributed by atoms with Crippen LogP contribution in [0.15, 0.2) is 11.5 Å². The molecule has 64 valence electrons. The number of nitrogens with two attached hydrogens (primary N) is 1. The minimum atomic E-state index is -0.686. The highest BCUT2D eigenvalue weighted by molar-refractivity contribution is 7.08. The van der Waals surface area contributed by atoms with E-state index in [4.69, 9.17) is 5.73 Å². The Kier molecular flexibility index (Phi) is 2.70. The molecule has 0 saturated carbocycles. The first-order valence-electron chi connectivity index (χ1n) is 2.93. The van der Waals surface area contributed by atoms with Crippen molar-refractivity contribution in [1.82, 2.24) is 9.36 Å². The minimum absolute atomic E-state index is 0.0139. The molecule has 0 unspecified atom stereocenters. The highest BCUT2D eigenvalue weighted by atomic mass is 32.1. The first kappa shape index (κ1) is 8.60. The third-order valence-electron chi connectivity index (χ3n) is 0.980. The van der Waals surface area contributed by atoms with Crippen molar-refractivity contribution in [3.8, 4) is 0 Å². The van der Waals surface area contributed by atoms with Gasteiger partial charge >= 0.3 is 0 Å². The van der Waals surface area contributed by atoms with Crippen LogP contribution < -0.4 is 5.73 Å². The fraction of sp³-hybridized carbons (Fsp3) is 0.200. The predicted octanol–water partition coefficient (Wildman–Crippen LogP) is -0.626. The van der Waals surface area contributed by atoms with Gasteiger partial charge in [0.15, 0.2) is 5.01 Å². The van der Waals surface area contributed by atoms with Crippen molar-refractivity contribution >= 4 is 23.2 Å². The van der Waals surface area contributed by atoms with Gasteiger partial charge in [-0.1, -0.05) is 5.16 Å². The first-order valence-corrected chi connectivity index (χ1v) is 3.71. The molecule has 0 fully saturated rings. The second-order valence-electron chi connectivity index (χ2n) is 1.73. The fourth-order valence-corrected chi connectivity index (χ4v) is 1.07. The van der Waals surface area contributed by atoms with Crippen molar-refractivity contribution in [3.63, 3.8) is 0 Å². The molecule has 2 N–H and O–H groups in total. The number of hydrogen-bond acceptors (Lipinski definition) is 6. The van der Waals surface area contributed by atoms with Crippen molar-refractivity contribution in [2.75, 3.05) is 7.11 Å². The van der Waals surface area contributed by atoms with E-state index >= 15 is 0 Å². The number of rotatable bonds is 3. The fourth-order valence-electron chi connectivity index (χ4n) is 0.558. The Bertz CT molecular complexity index is 294. The summed E-state index contributed by atoms with van der Waals surface area (Å²) in [7, 11) is 1.32. The Morgan fingerprint density at radius 1 is 1.83 bits per heavy atom. The average molecular weight is 186 g/mol. The molecule has 1 heterocycles. The van der Waals surface area contributed by atoms with Crippen LogP contribution in [0.1, 0.15) is 5.01 Å². The van der Waals surface area contributed by atoms with Crippen molar-refractivity contribution in [2.24, 2.45) is 10.9 Å². The number of carbonyl (C=O) groups excluding carboxylic acids is 1. The van der Waals surface area contributed by atoms with Gasteiger partial charge in [0.1, 0.15) is 13.4 Å². The largest absolute Gasteiger partial charge is 0.398 e. The van der Waals surface area contributed by atoms with E-state index in [1.807, 2.05) is 0 Å². The van der Waals surface area contributed by atoms with Gasteiger partial charge < -0.3 is 10.6 Å². The van der Waals surface area contributed by atoms with E-state index in [0.717, 1.165) is 11.5 Å². The van der Waals surface area contributed by atoms with Crippen LogP contribution >= 0.6 is 11.5 Å².